The minimum atomic E-state index is 0.350. The smallest absolute Gasteiger partial charge is 0.0635 e. The van der Waals surface area contributed by atoms with Crippen molar-refractivity contribution in [2.24, 2.45) is 0 Å². The van der Waals surface area contributed by atoms with Gasteiger partial charge in [-0.3, -0.25) is 0 Å². The minimum absolute atomic E-state index is 0.350. The first-order valence-electron chi connectivity index (χ1n) is 3.99. The summed E-state index contributed by atoms with van der Waals surface area (Å²) in [5.41, 5.74) is 0. The van der Waals surface area contributed by atoms with Crippen LogP contribution in [0, 0.1) is 11.3 Å². The van der Waals surface area contributed by atoms with Crippen molar-refractivity contribution in [3.63, 3.8) is 0 Å². The molecule has 0 aromatic carbocycles. The van der Waals surface area contributed by atoms with E-state index in [2.05, 4.69) is 11.4 Å². The summed E-state index contributed by atoms with van der Waals surface area (Å²) in [6.45, 7) is 6.26. The van der Waals surface area contributed by atoms with Crippen LogP contribution < -0.4 is 5.32 Å². The Kier molecular flexibility index (Phi) is 7.11. The van der Waals surface area contributed by atoms with Crippen molar-refractivity contribution in [3.05, 3.63) is 0 Å². The van der Waals surface area contributed by atoms with E-state index in [0.29, 0.717) is 12.5 Å². The van der Waals surface area contributed by atoms with E-state index < -0.39 is 0 Å². The molecule has 0 aliphatic rings. The maximum absolute atomic E-state index is 8.23. The van der Waals surface area contributed by atoms with Gasteiger partial charge in [0.1, 0.15) is 0 Å². The van der Waals surface area contributed by atoms with E-state index >= 15 is 0 Å². The van der Waals surface area contributed by atoms with Crippen LogP contribution >= 0.6 is 0 Å². The second-order valence-corrected chi connectivity index (χ2v) is 2.42. The van der Waals surface area contributed by atoms with E-state index in [0.717, 1.165) is 19.8 Å². The summed E-state index contributed by atoms with van der Waals surface area (Å²) in [5.74, 6) is 0. The fraction of sp³-hybridized carbons (Fsp3) is 0.875. The van der Waals surface area contributed by atoms with Gasteiger partial charge in [0.15, 0.2) is 0 Å². The zero-order valence-corrected chi connectivity index (χ0v) is 7.26. The first-order chi connectivity index (χ1) is 5.31. The number of ether oxygens (including phenoxy) is 1. The standard InChI is InChI=1S/C8H16N2O/c1-3-11-7-8(2)10-6-4-5-9/h8,10H,3-4,6-7H2,1-2H3. The van der Waals surface area contributed by atoms with Crippen LogP contribution in [0.5, 0.6) is 0 Å². The van der Waals surface area contributed by atoms with Crippen molar-refractivity contribution in [2.75, 3.05) is 19.8 Å². The topological polar surface area (TPSA) is 45.0 Å². The molecular weight excluding hydrogens is 140 g/mol. The first kappa shape index (κ1) is 10.4. The SMILES string of the molecule is CCOCC(C)NCCC#N. The average molecular weight is 156 g/mol. The lowest BCUT2D eigenvalue weighted by atomic mass is 10.3. The normalized spacial score (nSPS) is 12.5. The third-order valence-corrected chi connectivity index (χ3v) is 1.30. The van der Waals surface area contributed by atoms with Gasteiger partial charge in [0.25, 0.3) is 0 Å². The Balaban J connectivity index is 3.10. The van der Waals surface area contributed by atoms with Gasteiger partial charge in [0.2, 0.25) is 0 Å². The molecule has 1 unspecified atom stereocenters. The Morgan fingerprint density at radius 3 is 2.91 bits per heavy atom. The van der Waals surface area contributed by atoms with Crippen molar-refractivity contribution in [2.45, 2.75) is 26.3 Å². The van der Waals surface area contributed by atoms with E-state index in [4.69, 9.17) is 10.00 Å². The fourth-order valence-electron chi connectivity index (χ4n) is 0.728. The highest BCUT2D eigenvalue weighted by atomic mass is 16.5. The second-order valence-electron chi connectivity index (χ2n) is 2.42. The molecule has 0 saturated heterocycles. The number of hydrogen-bond acceptors (Lipinski definition) is 3. The number of nitriles is 1. The molecule has 0 aromatic heterocycles. The highest BCUT2D eigenvalue weighted by Gasteiger charge is 1.98. The number of nitrogens with zero attached hydrogens (tertiary/aromatic N) is 1. The molecule has 64 valence electrons. The van der Waals surface area contributed by atoms with Crippen molar-refractivity contribution in [1.82, 2.24) is 5.32 Å². The van der Waals surface area contributed by atoms with Gasteiger partial charge in [-0.15, -0.1) is 0 Å². The van der Waals surface area contributed by atoms with Gasteiger partial charge < -0.3 is 10.1 Å². The monoisotopic (exact) mass is 156 g/mol. The van der Waals surface area contributed by atoms with Crippen molar-refractivity contribution in [1.29, 1.82) is 5.26 Å². The van der Waals surface area contributed by atoms with E-state index in [9.17, 15) is 0 Å². The maximum Gasteiger partial charge on any atom is 0.0635 e. The van der Waals surface area contributed by atoms with Crippen LogP contribution in [-0.4, -0.2) is 25.8 Å². The molecular formula is C8H16N2O. The summed E-state index contributed by atoms with van der Waals surface area (Å²) < 4.78 is 5.18. The van der Waals surface area contributed by atoms with Gasteiger partial charge in [-0.25, -0.2) is 0 Å². The van der Waals surface area contributed by atoms with E-state index in [1.165, 1.54) is 0 Å². The molecule has 3 nitrogen and oxygen atoms in total. The predicted octanol–water partition coefficient (Wildman–Crippen LogP) is 0.915. The molecule has 0 aliphatic carbocycles. The molecule has 0 aliphatic heterocycles. The summed E-state index contributed by atoms with van der Waals surface area (Å²) in [5, 5.41) is 11.4. The number of rotatable bonds is 6. The number of nitrogens with one attached hydrogen (secondary N) is 1. The van der Waals surface area contributed by atoms with Crippen LogP contribution in [0.2, 0.25) is 0 Å². The Labute approximate surface area is 68.3 Å². The molecule has 0 heterocycles. The molecule has 1 atom stereocenters. The largest absolute Gasteiger partial charge is 0.380 e. The lowest BCUT2D eigenvalue weighted by Crippen LogP contribution is -2.31. The Morgan fingerprint density at radius 1 is 1.64 bits per heavy atom. The van der Waals surface area contributed by atoms with Crippen LogP contribution in [0.4, 0.5) is 0 Å². The molecule has 1 N–H and O–H groups in total. The lowest BCUT2D eigenvalue weighted by Gasteiger charge is -2.11. The number of hydrogen-bond donors (Lipinski definition) is 1. The van der Waals surface area contributed by atoms with Crippen molar-refractivity contribution in [3.8, 4) is 6.07 Å². The highest BCUT2D eigenvalue weighted by Crippen LogP contribution is 1.84. The zero-order chi connectivity index (χ0) is 8.53. The molecule has 0 saturated carbocycles. The van der Waals surface area contributed by atoms with Gasteiger partial charge in [-0.1, -0.05) is 0 Å². The van der Waals surface area contributed by atoms with E-state index in [1.54, 1.807) is 0 Å². The van der Waals surface area contributed by atoms with Gasteiger partial charge in [-0.2, -0.15) is 5.26 Å². The summed E-state index contributed by atoms with van der Waals surface area (Å²) in [6, 6.07) is 2.43. The molecule has 0 aromatic rings. The highest BCUT2D eigenvalue weighted by molar-refractivity contribution is 4.71. The van der Waals surface area contributed by atoms with Gasteiger partial charge in [-0.05, 0) is 13.8 Å². The molecule has 11 heavy (non-hydrogen) atoms. The van der Waals surface area contributed by atoms with Crippen LogP contribution in [0.3, 0.4) is 0 Å². The molecule has 0 amide bonds. The quantitative estimate of drug-likeness (QED) is 0.581. The molecule has 0 bridgehead atoms. The predicted molar refractivity (Wildman–Crippen MR) is 44.2 cm³/mol. The summed E-state index contributed by atoms with van der Waals surface area (Å²) in [6.07, 6.45) is 0.566. The second kappa shape index (κ2) is 7.52. The van der Waals surface area contributed by atoms with Gasteiger partial charge in [0, 0.05) is 25.6 Å². The van der Waals surface area contributed by atoms with Crippen LogP contribution in [0.1, 0.15) is 20.3 Å². The zero-order valence-electron chi connectivity index (χ0n) is 7.26. The maximum atomic E-state index is 8.23. The first-order valence-corrected chi connectivity index (χ1v) is 3.99. The molecule has 0 fully saturated rings. The molecule has 0 spiro atoms. The Bertz CT molecular complexity index is 120. The molecule has 0 radical (unpaired) electrons. The summed E-state index contributed by atoms with van der Waals surface area (Å²) >= 11 is 0. The third-order valence-electron chi connectivity index (χ3n) is 1.30. The summed E-state index contributed by atoms with van der Waals surface area (Å²) in [4.78, 5) is 0. The van der Waals surface area contributed by atoms with Gasteiger partial charge >= 0.3 is 0 Å². The van der Waals surface area contributed by atoms with Crippen molar-refractivity contribution >= 4 is 0 Å². The van der Waals surface area contributed by atoms with Gasteiger partial charge in [0.05, 0.1) is 12.7 Å². The van der Waals surface area contributed by atoms with E-state index in [-0.39, 0.29) is 0 Å². The average Bonchev–Trinajstić information content (AvgIpc) is 2.01. The molecule has 3 heteroatoms. The van der Waals surface area contributed by atoms with Crippen LogP contribution in [0.15, 0.2) is 0 Å². The van der Waals surface area contributed by atoms with Crippen LogP contribution in [0.25, 0.3) is 0 Å². The Morgan fingerprint density at radius 2 is 2.36 bits per heavy atom. The molecule has 0 rings (SSSR count). The minimum Gasteiger partial charge on any atom is -0.380 e. The third kappa shape index (κ3) is 7.31. The van der Waals surface area contributed by atoms with E-state index in [1.807, 2.05) is 13.8 Å². The summed E-state index contributed by atoms with van der Waals surface area (Å²) in [7, 11) is 0. The Hall–Kier alpha value is -0.590. The fourth-order valence-corrected chi connectivity index (χ4v) is 0.728. The lowest BCUT2D eigenvalue weighted by molar-refractivity contribution is 0.127. The van der Waals surface area contributed by atoms with Crippen molar-refractivity contribution < 1.29 is 4.74 Å². The van der Waals surface area contributed by atoms with Crippen LogP contribution in [-0.2, 0) is 4.74 Å².